The molecule has 1 saturated carbocycles. The number of anilines is 2. The Morgan fingerprint density at radius 3 is 2.38 bits per heavy atom. The lowest BCUT2D eigenvalue weighted by molar-refractivity contribution is -0.124. The van der Waals surface area contributed by atoms with E-state index in [9.17, 15) is 14.0 Å². The lowest BCUT2D eigenvalue weighted by atomic mass is 9.95. The van der Waals surface area contributed by atoms with Gasteiger partial charge in [0.1, 0.15) is 17.8 Å². The smallest absolute Gasteiger partial charge is 0.246 e. The summed E-state index contributed by atoms with van der Waals surface area (Å²) in [5, 5.41) is 4.48. The highest BCUT2D eigenvalue weighted by molar-refractivity contribution is 6.30. The molecule has 5 aromatic rings. The van der Waals surface area contributed by atoms with Crippen LogP contribution in [0.2, 0.25) is 5.02 Å². The highest BCUT2D eigenvalue weighted by atomic mass is 35.5. The van der Waals surface area contributed by atoms with Gasteiger partial charge in [0, 0.05) is 92.5 Å². The maximum absolute atomic E-state index is 14.1. The number of fused-ring (bicyclic) bond motifs is 1. The van der Waals surface area contributed by atoms with Crippen molar-refractivity contribution in [2.24, 2.45) is 0 Å². The quantitative estimate of drug-likeness (QED) is 0.0409. The number of nitrogens with one attached hydrogen (secondary N) is 1. The molecular formula is C52H63ClFN7O5. The molecule has 350 valence electrons. The number of aromatic nitrogens is 3. The number of halogens is 2. The van der Waals surface area contributed by atoms with Gasteiger partial charge < -0.3 is 33.9 Å². The van der Waals surface area contributed by atoms with Crippen LogP contribution in [0.3, 0.4) is 0 Å². The molecule has 2 fully saturated rings. The van der Waals surface area contributed by atoms with E-state index in [2.05, 4.69) is 55.1 Å². The third-order valence-corrected chi connectivity index (χ3v) is 12.8. The van der Waals surface area contributed by atoms with Gasteiger partial charge in [-0.15, -0.1) is 0 Å². The average molecular weight is 921 g/mol. The van der Waals surface area contributed by atoms with Crippen molar-refractivity contribution in [1.29, 1.82) is 0 Å². The Kier molecular flexibility index (Phi) is 17.6. The number of amides is 1. The van der Waals surface area contributed by atoms with Crippen molar-refractivity contribution < 1.29 is 28.2 Å². The summed E-state index contributed by atoms with van der Waals surface area (Å²) in [5.41, 5.74) is 5.73. The summed E-state index contributed by atoms with van der Waals surface area (Å²) < 4.78 is 33.9. The van der Waals surface area contributed by atoms with Crippen LogP contribution >= 0.6 is 11.6 Å². The van der Waals surface area contributed by atoms with Crippen LogP contribution in [0.15, 0.2) is 85.2 Å². The van der Waals surface area contributed by atoms with Gasteiger partial charge in [0.15, 0.2) is 11.5 Å². The van der Waals surface area contributed by atoms with E-state index < -0.39 is 5.82 Å². The molecule has 1 saturated heterocycles. The summed E-state index contributed by atoms with van der Waals surface area (Å²) in [6.07, 6.45) is 22.1. The number of carbonyl (C=O) groups excluding carboxylic acids is 2. The number of aldehydes is 1. The van der Waals surface area contributed by atoms with Crippen molar-refractivity contribution in [2.45, 2.75) is 76.8 Å². The molecule has 0 bridgehead atoms. The topological polar surface area (TPSA) is 114 Å². The summed E-state index contributed by atoms with van der Waals surface area (Å²) >= 11 is 6.12. The molecule has 1 amide bonds. The fraction of sp³-hybridized carbons (Fsp3) is 0.423. The Bertz CT molecular complexity index is 2400. The van der Waals surface area contributed by atoms with Crippen molar-refractivity contribution in [3.63, 3.8) is 0 Å². The fourth-order valence-electron chi connectivity index (χ4n) is 8.86. The number of ether oxygens (including phenoxy) is 3. The molecule has 1 aliphatic heterocycles. The van der Waals surface area contributed by atoms with E-state index in [-0.39, 0.29) is 5.91 Å². The highest BCUT2D eigenvalue weighted by Gasteiger charge is 2.22. The molecule has 1 N–H and O–H groups in total. The number of allylic oxidation sites excluding steroid dienone is 1. The Morgan fingerprint density at radius 1 is 0.939 bits per heavy atom. The van der Waals surface area contributed by atoms with Crippen molar-refractivity contribution >= 4 is 52.5 Å². The third kappa shape index (κ3) is 13.2. The van der Waals surface area contributed by atoms with Crippen LogP contribution in [0, 0.1) is 5.82 Å². The Hall–Kier alpha value is -5.76. The lowest BCUT2D eigenvalue weighted by Gasteiger charge is -2.34. The molecule has 12 nitrogen and oxygen atoms in total. The van der Waals surface area contributed by atoms with Crippen molar-refractivity contribution in [2.75, 3.05) is 72.5 Å². The van der Waals surface area contributed by atoms with Gasteiger partial charge in [-0.25, -0.2) is 9.37 Å². The molecule has 14 heteroatoms. The molecule has 2 aliphatic rings. The number of hydrogen-bond donors (Lipinski definition) is 1. The van der Waals surface area contributed by atoms with E-state index in [0.717, 1.165) is 112 Å². The van der Waals surface area contributed by atoms with Crippen molar-refractivity contribution in [3.8, 4) is 28.4 Å². The first-order valence-corrected chi connectivity index (χ1v) is 23.7. The van der Waals surface area contributed by atoms with Crippen LogP contribution in [0.1, 0.15) is 81.4 Å². The van der Waals surface area contributed by atoms with E-state index in [1.807, 2.05) is 18.3 Å². The molecule has 0 spiro atoms. The van der Waals surface area contributed by atoms with E-state index in [1.165, 1.54) is 49.1 Å². The number of methoxy groups -OCH3 is 2. The second kappa shape index (κ2) is 24.1. The number of benzene rings is 3. The van der Waals surface area contributed by atoms with Gasteiger partial charge in [-0.2, -0.15) is 4.98 Å². The first-order valence-electron chi connectivity index (χ1n) is 23.3. The molecule has 7 rings (SSSR count). The number of piperazine rings is 1. The molecule has 1 aliphatic carbocycles. The molecule has 66 heavy (non-hydrogen) atoms. The van der Waals surface area contributed by atoms with Crippen LogP contribution in [0.25, 0.3) is 28.2 Å². The first kappa shape index (κ1) is 48.2. The molecule has 0 atom stereocenters. The highest BCUT2D eigenvalue weighted by Crippen LogP contribution is 2.40. The number of hydrogen-bond acceptors (Lipinski definition) is 10. The number of carbonyl (C=O) groups is 2. The van der Waals surface area contributed by atoms with E-state index >= 15 is 0 Å². The minimum Gasteiger partial charge on any atom is -0.493 e. The largest absolute Gasteiger partial charge is 0.493 e. The van der Waals surface area contributed by atoms with Gasteiger partial charge >= 0.3 is 0 Å². The molecule has 0 unspecified atom stereocenters. The van der Waals surface area contributed by atoms with Crippen LogP contribution in [0.5, 0.6) is 17.2 Å². The SMILES string of the molecule is COc1cc(/C=C/C(=O)N(C)CC/C=C\C=O)cc(OC)c1OCCCCCCN1CCN(Cc2ccc(-c3cn(C4CCCCC4)c4nc(Nc5cc(F)cc(Cl)c5)ncc34)cc2)CC1. The maximum atomic E-state index is 14.1. The van der Waals surface area contributed by atoms with Gasteiger partial charge in [0.2, 0.25) is 17.6 Å². The number of likely N-dealkylation sites (N-methyl/N-ethyl adjacent to an activating group) is 1. The normalized spacial score (nSPS) is 15.2. The maximum Gasteiger partial charge on any atom is 0.246 e. The summed E-state index contributed by atoms with van der Waals surface area (Å²) in [6.45, 7) is 7.33. The summed E-state index contributed by atoms with van der Waals surface area (Å²) in [6, 6.07) is 17.4. The van der Waals surface area contributed by atoms with Crippen molar-refractivity contribution in [1.82, 2.24) is 29.2 Å². The summed E-state index contributed by atoms with van der Waals surface area (Å²) in [5.74, 6) is 1.52. The Morgan fingerprint density at radius 2 is 1.67 bits per heavy atom. The van der Waals surface area contributed by atoms with Gasteiger partial charge in [-0.05, 0) is 97.8 Å². The number of nitrogens with zero attached hydrogens (tertiary/aromatic N) is 6. The number of unbranched alkanes of at least 4 members (excludes halogenated alkanes) is 3. The van der Waals surface area contributed by atoms with Gasteiger partial charge in [-0.1, -0.05) is 74.0 Å². The lowest BCUT2D eigenvalue weighted by Crippen LogP contribution is -2.46. The first-order chi connectivity index (χ1) is 32.2. The zero-order chi connectivity index (χ0) is 46.3. The predicted octanol–water partition coefficient (Wildman–Crippen LogP) is 10.5. The van der Waals surface area contributed by atoms with Gasteiger partial charge in [0.05, 0.1) is 20.8 Å². The zero-order valence-electron chi connectivity index (χ0n) is 38.5. The summed E-state index contributed by atoms with van der Waals surface area (Å²) in [4.78, 5) is 39.4. The zero-order valence-corrected chi connectivity index (χ0v) is 39.3. The second-order valence-electron chi connectivity index (χ2n) is 17.2. The number of rotatable bonds is 22. The predicted molar refractivity (Wildman–Crippen MR) is 261 cm³/mol. The standard InChI is InChI=1S/C52H63ClFN7O5/c1-58(22-10-7-12-28-62)49(63)21-18-39-30-47(64-2)50(48(31-39)65-3)66-29-13-5-4-11-23-59-24-26-60(27-25-59)36-38-16-19-40(20-17-38)46-37-61(44-14-8-6-9-15-44)51-45(46)35-55-52(57-51)56-43-33-41(53)32-42(54)34-43/h7,12,16-21,28,30-35,37,44H,4-6,8-11,13-15,22-27,29,36H2,1-3H3,(H,55,56,57)/b12-7-,21-18+. The van der Waals surface area contributed by atoms with E-state index in [1.54, 1.807) is 44.4 Å². The van der Waals surface area contributed by atoms with Crippen LogP contribution in [0.4, 0.5) is 16.0 Å². The average Bonchev–Trinajstić information content (AvgIpc) is 3.71. The monoisotopic (exact) mass is 919 g/mol. The Balaban J connectivity index is 0.841. The minimum absolute atomic E-state index is 0.140. The van der Waals surface area contributed by atoms with Crippen LogP contribution < -0.4 is 19.5 Å². The van der Waals surface area contributed by atoms with Gasteiger partial charge in [-0.3, -0.25) is 14.5 Å². The minimum atomic E-state index is -0.414. The van der Waals surface area contributed by atoms with E-state index in [0.29, 0.717) is 59.5 Å². The second-order valence-corrected chi connectivity index (χ2v) is 17.7. The summed E-state index contributed by atoms with van der Waals surface area (Å²) in [7, 11) is 4.92. The molecule has 0 radical (unpaired) electrons. The molecular weight excluding hydrogens is 857 g/mol. The van der Waals surface area contributed by atoms with Gasteiger partial charge in [0.25, 0.3) is 0 Å². The van der Waals surface area contributed by atoms with Crippen molar-refractivity contribution in [3.05, 3.63) is 107 Å². The Labute approximate surface area is 393 Å². The van der Waals surface area contributed by atoms with E-state index in [4.69, 9.17) is 30.8 Å². The molecule has 2 aromatic heterocycles. The third-order valence-electron chi connectivity index (χ3n) is 12.5. The van der Waals surface area contributed by atoms with Crippen LogP contribution in [-0.2, 0) is 16.1 Å². The fourth-order valence-corrected chi connectivity index (χ4v) is 9.08. The molecule has 3 aromatic carbocycles. The van der Waals surface area contributed by atoms with Crippen LogP contribution in [-0.4, -0.2) is 109 Å². The molecule has 3 heterocycles.